The van der Waals surface area contributed by atoms with Crippen molar-refractivity contribution in [3.8, 4) is 0 Å². The zero-order chi connectivity index (χ0) is 16.8. The van der Waals surface area contributed by atoms with E-state index in [1.165, 1.54) is 0 Å². The molecule has 0 radical (unpaired) electrons. The Morgan fingerprint density at radius 3 is 2.21 bits per heavy atom. The standard InChI is InChI=1S/C19H22N2O2.ClH/c1-13-7-9-15(10-8-13)18(22)16-5-3-4-6-17(16)19(23)21-12-11-14(2)20;/h3-10,14H,11-12,20H2,1-2H3,(H,21,23);1H. The Morgan fingerprint density at radius 2 is 1.62 bits per heavy atom. The minimum absolute atomic E-state index is 0. The number of amides is 1. The van der Waals surface area contributed by atoms with Gasteiger partial charge in [-0.15, -0.1) is 12.4 Å². The normalized spacial score (nSPS) is 11.3. The lowest BCUT2D eigenvalue weighted by Crippen LogP contribution is -2.30. The molecule has 1 unspecified atom stereocenters. The van der Waals surface area contributed by atoms with Crippen LogP contribution < -0.4 is 11.1 Å². The molecule has 2 aromatic rings. The Morgan fingerprint density at radius 1 is 1.04 bits per heavy atom. The molecule has 0 aliphatic carbocycles. The fourth-order valence-corrected chi connectivity index (χ4v) is 2.25. The third-order valence-corrected chi connectivity index (χ3v) is 3.62. The highest BCUT2D eigenvalue weighted by Crippen LogP contribution is 2.15. The maximum absolute atomic E-state index is 12.7. The summed E-state index contributed by atoms with van der Waals surface area (Å²) in [6.45, 7) is 4.35. The lowest BCUT2D eigenvalue weighted by molar-refractivity contribution is 0.0941. The lowest BCUT2D eigenvalue weighted by Gasteiger charge is -2.11. The maximum atomic E-state index is 12.7. The van der Waals surface area contributed by atoms with E-state index in [0.29, 0.717) is 29.7 Å². The number of benzene rings is 2. The largest absolute Gasteiger partial charge is 0.352 e. The van der Waals surface area contributed by atoms with E-state index in [0.717, 1.165) is 5.56 Å². The highest BCUT2D eigenvalue weighted by molar-refractivity contribution is 6.15. The molecular weight excluding hydrogens is 324 g/mol. The van der Waals surface area contributed by atoms with E-state index in [-0.39, 0.29) is 30.1 Å². The van der Waals surface area contributed by atoms with Crippen LogP contribution in [0.15, 0.2) is 48.5 Å². The van der Waals surface area contributed by atoms with Gasteiger partial charge >= 0.3 is 0 Å². The first kappa shape index (κ1) is 19.9. The second-order valence-corrected chi connectivity index (χ2v) is 5.76. The van der Waals surface area contributed by atoms with Crippen LogP contribution in [0.3, 0.4) is 0 Å². The van der Waals surface area contributed by atoms with Crippen LogP contribution in [0.1, 0.15) is 45.2 Å². The highest BCUT2D eigenvalue weighted by Gasteiger charge is 2.17. The van der Waals surface area contributed by atoms with E-state index in [2.05, 4.69) is 5.32 Å². The number of nitrogens with two attached hydrogens (primary N) is 1. The van der Waals surface area contributed by atoms with Crippen LogP contribution in [0.4, 0.5) is 0 Å². The van der Waals surface area contributed by atoms with Gasteiger partial charge in [-0.1, -0.05) is 48.0 Å². The van der Waals surface area contributed by atoms with Gasteiger partial charge in [-0.2, -0.15) is 0 Å². The first-order valence-electron chi connectivity index (χ1n) is 7.73. The molecule has 1 amide bonds. The monoisotopic (exact) mass is 346 g/mol. The van der Waals surface area contributed by atoms with Crippen molar-refractivity contribution in [3.05, 3.63) is 70.8 Å². The Hall–Kier alpha value is -2.17. The zero-order valence-electron chi connectivity index (χ0n) is 13.9. The number of rotatable bonds is 6. The first-order valence-corrected chi connectivity index (χ1v) is 7.73. The van der Waals surface area contributed by atoms with Gasteiger partial charge in [-0.25, -0.2) is 0 Å². The molecule has 0 bridgehead atoms. The third kappa shape index (κ3) is 5.18. The summed E-state index contributed by atoms with van der Waals surface area (Å²) in [5.74, 6) is -0.398. The van der Waals surface area contributed by atoms with Gasteiger partial charge in [0.1, 0.15) is 0 Å². The van der Waals surface area contributed by atoms with Gasteiger partial charge < -0.3 is 11.1 Å². The molecule has 0 heterocycles. The molecule has 3 N–H and O–H groups in total. The van der Waals surface area contributed by atoms with Crippen LogP contribution in [-0.4, -0.2) is 24.3 Å². The number of halogens is 1. The number of carbonyl (C=O) groups excluding carboxylic acids is 2. The van der Waals surface area contributed by atoms with Gasteiger partial charge in [-0.05, 0) is 26.3 Å². The molecule has 0 saturated carbocycles. The van der Waals surface area contributed by atoms with E-state index in [1.54, 1.807) is 36.4 Å². The molecule has 0 spiro atoms. The van der Waals surface area contributed by atoms with Gasteiger partial charge in [0.2, 0.25) is 0 Å². The summed E-state index contributed by atoms with van der Waals surface area (Å²) in [5, 5.41) is 2.81. The van der Waals surface area contributed by atoms with Crippen molar-refractivity contribution in [2.75, 3.05) is 6.54 Å². The zero-order valence-corrected chi connectivity index (χ0v) is 14.7. The van der Waals surface area contributed by atoms with Crippen molar-refractivity contribution in [2.45, 2.75) is 26.3 Å². The van der Waals surface area contributed by atoms with E-state index in [9.17, 15) is 9.59 Å². The molecule has 0 saturated heterocycles. The third-order valence-electron chi connectivity index (χ3n) is 3.62. The summed E-state index contributed by atoms with van der Waals surface area (Å²) in [6, 6.07) is 14.2. The summed E-state index contributed by atoms with van der Waals surface area (Å²) in [6.07, 6.45) is 0.694. The molecule has 0 aliphatic rings. The summed E-state index contributed by atoms with van der Waals surface area (Å²) in [4.78, 5) is 25.0. The predicted molar refractivity (Wildman–Crippen MR) is 98.9 cm³/mol. The summed E-state index contributed by atoms with van der Waals surface area (Å²) in [5.41, 5.74) is 8.14. The second-order valence-electron chi connectivity index (χ2n) is 5.76. The van der Waals surface area contributed by atoms with E-state index in [1.807, 2.05) is 26.0 Å². The van der Waals surface area contributed by atoms with Crippen molar-refractivity contribution >= 4 is 24.1 Å². The number of carbonyl (C=O) groups is 2. The van der Waals surface area contributed by atoms with Crippen LogP contribution >= 0.6 is 12.4 Å². The lowest BCUT2D eigenvalue weighted by atomic mass is 9.97. The highest BCUT2D eigenvalue weighted by atomic mass is 35.5. The van der Waals surface area contributed by atoms with Gasteiger partial charge in [0.05, 0.1) is 5.56 Å². The number of hydrogen-bond donors (Lipinski definition) is 2. The first-order chi connectivity index (χ1) is 11.0. The van der Waals surface area contributed by atoms with Crippen LogP contribution in [0.25, 0.3) is 0 Å². The van der Waals surface area contributed by atoms with Crippen molar-refractivity contribution < 1.29 is 9.59 Å². The van der Waals surface area contributed by atoms with Crippen molar-refractivity contribution in [3.63, 3.8) is 0 Å². The molecule has 2 aromatic carbocycles. The van der Waals surface area contributed by atoms with Crippen molar-refractivity contribution in [2.24, 2.45) is 5.73 Å². The molecule has 4 nitrogen and oxygen atoms in total. The van der Waals surface area contributed by atoms with E-state index >= 15 is 0 Å². The molecule has 0 aliphatic heterocycles. The molecule has 1 atom stereocenters. The van der Waals surface area contributed by atoms with Crippen LogP contribution in [0.5, 0.6) is 0 Å². The van der Waals surface area contributed by atoms with Crippen molar-refractivity contribution in [1.29, 1.82) is 0 Å². The number of nitrogens with one attached hydrogen (secondary N) is 1. The molecule has 0 fully saturated rings. The Bertz CT molecular complexity index is 697. The number of hydrogen-bond acceptors (Lipinski definition) is 3. The fraction of sp³-hybridized carbons (Fsp3) is 0.263. The van der Waals surface area contributed by atoms with Gasteiger partial charge in [0, 0.05) is 23.7 Å². The Labute approximate surface area is 148 Å². The minimum atomic E-state index is -0.248. The summed E-state index contributed by atoms with van der Waals surface area (Å²) < 4.78 is 0. The number of ketones is 1. The van der Waals surface area contributed by atoms with Gasteiger partial charge in [0.15, 0.2) is 5.78 Å². The average Bonchev–Trinajstić information content (AvgIpc) is 2.54. The van der Waals surface area contributed by atoms with E-state index in [4.69, 9.17) is 5.73 Å². The molecule has 128 valence electrons. The topological polar surface area (TPSA) is 72.2 Å². The SMILES string of the molecule is Cc1ccc(C(=O)c2ccccc2C(=O)NCCC(C)N)cc1.Cl. The predicted octanol–water partition coefficient (Wildman–Crippen LogP) is 3.11. The number of aryl methyl sites for hydroxylation is 1. The molecular formula is C19H23ClN2O2. The second kappa shape index (κ2) is 9.21. The van der Waals surface area contributed by atoms with Crippen LogP contribution in [0, 0.1) is 6.92 Å². The minimum Gasteiger partial charge on any atom is -0.352 e. The Kier molecular flexibility index (Phi) is 7.62. The fourth-order valence-electron chi connectivity index (χ4n) is 2.25. The van der Waals surface area contributed by atoms with Crippen LogP contribution in [-0.2, 0) is 0 Å². The molecule has 5 heteroatoms. The van der Waals surface area contributed by atoms with E-state index < -0.39 is 0 Å². The van der Waals surface area contributed by atoms with Gasteiger partial charge in [-0.3, -0.25) is 9.59 Å². The quantitative estimate of drug-likeness (QED) is 0.789. The maximum Gasteiger partial charge on any atom is 0.252 e. The van der Waals surface area contributed by atoms with Gasteiger partial charge in [0.25, 0.3) is 5.91 Å². The summed E-state index contributed by atoms with van der Waals surface area (Å²) >= 11 is 0. The molecule has 24 heavy (non-hydrogen) atoms. The summed E-state index contributed by atoms with van der Waals surface area (Å²) in [7, 11) is 0. The van der Waals surface area contributed by atoms with Crippen LogP contribution in [0.2, 0.25) is 0 Å². The molecule has 2 rings (SSSR count). The smallest absolute Gasteiger partial charge is 0.252 e. The average molecular weight is 347 g/mol. The van der Waals surface area contributed by atoms with Crippen molar-refractivity contribution in [1.82, 2.24) is 5.32 Å². The Balaban J connectivity index is 0.00000288. The molecule has 0 aromatic heterocycles.